The van der Waals surface area contributed by atoms with Crippen LogP contribution in [0, 0.1) is 0 Å². The molecule has 0 amide bonds. The monoisotopic (exact) mass is 238 g/mol. The van der Waals surface area contributed by atoms with Gasteiger partial charge in [-0.25, -0.2) is 0 Å². The third-order valence-electron chi connectivity index (χ3n) is 2.71. The fourth-order valence-corrected chi connectivity index (χ4v) is 1.76. The molecule has 0 saturated heterocycles. The second-order valence-electron chi connectivity index (χ2n) is 3.93. The van der Waals surface area contributed by atoms with Crippen LogP contribution in [0.5, 0.6) is 0 Å². The van der Waals surface area contributed by atoms with Crippen molar-refractivity contribution >= 4 is 12.1 Å². The van der Waals surface area contributed by atoms with E-state index in [2.05, 4.69) is 4.98 Å². The van der Waals surface area contributed by atoms with Crippen LogP contribution >= 0.6 is 0 Å². The summed E-state index contributed by atoms with van der Waals surface area (Å²) >= 11 is 0. The molecule has 89 valence electrons. The van der Waals surface area contributed by atoms with E-state index in [4.69, 9.17) is 0 Å². The normalized spacial score (nSPS) is 10.0. The predicted octanol–water partition coefficient (Wildman–Crippen LogP) is 2.35. The number of pyridine rings is 1. The van der Waals surface area contributed by atoms with Crippen molar-refractivity contribution in [3.63, 3.8) is 0 Å². The van der Waals surface area contributed by atoms with Crippen molar-refractivity contribution in [1.82, 2.24) is 4.98 Å². The van der Waals surface area contributed by atoms with Crippen molar-refractivity contribution in [2.75, 3.05) is 0 Å². The van der Waals surface area contributed by atoms with Crippen LogP contribution < -0.4 is 0 Å². The van der Waals surface area contributed by atoms with Crippen LogP contribution in [0.2, 0.25) is 0 Å². The lowest BCUT2D eigenvalue weighted by molar-refractivity contribution is 0.0982. The minimum atomic E-state index is -0.0559. The predicted molar refractivity (Wildman–Crippen MR) is 68.1 cm³/mol. The van der Waals surface area contributed by atoms with Gasteiger partial charge in [-0.2, -0.15) is 0 Å². The highest BCUT2D eigenvalue weighted by Gasteiger charge is 2.11. The van der Waals surface area contributed by atoms with Crippen LogP contribution in [-0.2, 0) is 11.2 Å². The van der Waals surface area contributed by atoms with E-state index in [9.17, 15) is 9.59 Å². The maximum absolute atomic E-state index is 12.0. The van der Waals surface area contributed by atoms with Gasteiger partial charge in [0.1, 0.15) is 0 Å². The summed E-state index contributed by atoms with van der Waals surface area (Å²) in [4.78, 5) is 26.5. The van der Waals surface area contributed by atoms with E-state index in [0.29, 0.717) is 18.4 Å². The lowest BCUT2D eigenvalue weighted by Gasteiger charge is -2.03. The number of Topliss-reactive ketones (excluding diaryl/α,β-unsaturated/α-hetero) is 1. The van der Waals surface area contributed by atoms with Gasteiger partial charge in [0.2, 0.25) is 6.29 Å². The zero-order valence-electron chi connectivity index (χ0n) is 9.80. The standard InChI is InChI=1S/C15H12NO2/c17-11-13-10-16-9-8-14(13)15(18)7-6-12-4-2-1-3-5-12/h1-5,8-10H,6-7H2. The Labute approximate surface area is 105 Å². The first kappa shape index (κ1) is 12.2. The molecule has 3 heteroatoms. The van der Waals surface area contributed by atoms with Gasteiger partial charge in [-0.15, -0.1) is 0 Å². The molecule has 1 aromatic carbocycles. The van der Waals surface area contributed by atoms with Crippen LogP contribution in [0.15, 0.2) is 48.8 Å². The third kappa shape index (κ3) is 2.88. The first-order chi connectivity index (χ1) is 8.81. The summed E-state index contributed by atoms with van der Waals surface area (Å²) in [5.41, 5.74) is 1.74. The van der Waals surface area contributed by atoms with Gasteiger partial charge in [0.15, 0.2) is 5.78 Å². The molecular weight excluding hydrogens is 226 g/mol. The number of carbonyl (C=O) groups is 1. The second-order valence-corrected chi connectivity index (χ2v) is 3.93. The van der Waals surface area contributed by atoms with E-state index in [1.807, 2.05) is 30.3 Å². The Kier molecular flexibility index (Phi) is 3.97. The largest absolute Gasteiger partial charge is 0.294 e. The van der Waals surface area contributed by atoms with Crippen LogP contribution in [0.3, 0.4) is 0 Å². The molecule has 0 saturated carbocycles. The number of hydrogen-bond donors (Lipinski definition) is 0. The van der Waals surface area contributed by atoms with Gasteiger partial charge >= 0.3 is 0 Å². The Hall–Kier alpha value is -2.29. The summed E-state index contributed by atoms with van der Waals surface area (Å²) < 4.78 is 0. The summed E-state index contributed by atoms with van der Waals surface area (Å²) in [6.07, 6.45) is 5.66. The van der Waals surface area contributed by atoms with Crippen molar-refractivity contribution in [2.24, 2.45) is 0 Å². The van der Waals surface area contributed by atoms with E-state index in [-0.39, 0.29) is 11.3 Å². The summed E-state index contributed by atoms with van der Waals surface area (Å²) in [6.45, 7) is 0. The van der Waals surface area contributed by atoms with Gasteiger partial charge in [-0.05, 0) is 18.1 Å². The summed E-state index contributed by atoms with van der Waals surface area (Å²) in [5.74, 6) is -0.0559. The minimum absolute atomic E-state index is 0.0559. The molecule has 1 heterocycles. The van der Waals surface area contributed by atoms with Crippen LogP contribution in [-0.4, -0.2) is 17.1 Å². The molecule has 0 aliphatic heterocycles. The fourth-order valence-electron chi connectivity index (χ4n) is 1.76. The topological polar surface area (TPSA) is 47.0 Å². The molecule has 0 bridgehead atoms. The number of aryl methyl sites for hydroxylation is 1. The highest BCUT2D eigenvalue weighted by Crippen LogP contribution is 2.10. The van der Waals surface area contributed by atoms with Gasteiger partial charge in [0.05, 0.1) is 5.56 Å². The minimum Gasteiger partial charge on any atom is -0.294 e. The number of benzene rings is 1. The highest BCUT2D eigenvalue weighted by atomic mass is 16.1. The molecule has 2 aromatic rings. The second kappa shape index (κ2) is 5.87. The number of hydrogen-bond acceptors (Lipinski definition) is 3. The first-order valence-corrected chi connectivity index (χ1v) is 5.70. The SMILES string of the molecule is O=[C]c1cnccc1C(=O)CCc1ccccc1. The van der Waals surface area contributed by atoms with Gasteiger partial charge in [-0.1, -0.05) is 30.3 Å². The molecule has 0 fully saturated rings. The number of aromatic nitrogens is 1. The molecule has 1 aromatic heterocycles. The molecule has 0 aliphatic carbocycles. The number of nitrogens with zero attached hydrogens (tertiary/aromatic N) is 1. The average Bonchev–Trinajstić information content (AvgIpc) is 2.45. The Balaban J connectivity index is 2.06. The Morgan fingerprint density at radius 2 is 1.94 bits per heavy atom. The quantitative estimate of drug-likeness (QED) is 0.751. The maximum Gasteiger partial charge on any atom is 0.235 e. The summed E-state index contributed by atoms with van der Waals surface area (Å²) in [5, 5.41) is 0. The van der Waals surface area contributed by atoms with E-state index >= 15 is 0 Å². The lowest BCUT2D eigenvalue weighted by atomic mass is 10.0. The molecule has 2 rings (SSSR count). The van der Waals surface area contributed by atoms with Crippen molar-refractivity contribution in [3.8, 4) is 0 Å². The van der Waals surface area contributed by atoms with E-state index in [1.165, 1.54) is 12.4 Å². The highest BCUT2D eigenvalue weighted by molar-refractivity contribution is 6.02. The molecule has 0 unspecified atom stereocenters. The van der Waals surface area contributed by atoms with E-state index < -0.39 is 0 Å². The Morgan fingerprint density at radius 1 is 1.17 bits per heavy atom. The average molecular weight is 238 g/mol. The molecule has 3 nitrogen and oxygen atoms in total. The molecule has 1 radical (unpaired) electrons. The lowest BCUT2D eigenvalue weighted by Crippen LogP contribution is -2.05. The smallest absolute Gasteiger partial charge is 0.235 e. The molecule has 0 atom stereocenters. The summed E-state index contributed by atoms with van der Waals surface area (Å²) in [7, 11) is 0. The maximum atomic E-state index is 12.0. The van der Waals surface area contributed by atoms with Crippen molar-refractivity contribution in [3.05, 3.63) is 65.5 Å². The Bertz CT molecular complexity index is 549. The van der Waals surface area contributed by atoms with E-state index in [0.717, 1.165) is 5.56 Å². The van der Waals surface area contributed by atoms with Gasteiger partial charge < -0.3 is 0 Å². The molecule has 18 heavy (non-hydrogen) atoms. The van der Waals surface area contributed by atoms with Crippen LogP contribution in [0.1, 0.15) is 27.9 Å². The van der Waals surface area contributed by atoms with Crippen molar-refractivity contribution < 1.29 is 9.59 Å². The van der Waals surface area contributed by atoms with Crippen LogP contribution in [0.25, 0.3) is 0 Å². The first-order valence-electron chi connectivity index (χ1n) is 5.70. The van der Waals surface area contributed by atoms with Crippen molar-refractivity contribution in [2.45, 2.75) is 12.8 Å². The van der Waals surface area contributed by atoms with E-state index in [1.54, 1.807) is 12.4 Å². The van der Waals surface area contributed by atoms with Crippen LogP contribution in [0.4, 0.5) is 0 Å². The number of rotatable bonds is 5. The molecule has 0 spiro atoms. The molecule has 0 N–H and O–H groups in total. The van der Waals surface area contributed by atoms with Gasteiger partial charge in [0, 0.05) is 24.4 Å². The number of ketones is 1. The van der Waals surface area contributed by atoms with Crippen molar-refractivity contribution in [1.29, 1.82) is 0 Å². The number of carbonyl (C=O) groups excluding carboxylic acids is 2. The van der Waals surface area contributed by atoms with Gasteiger partial charge in [-0.3, -0.25) is 14.6 Å². The fraction of sp³-hybridized carbons (Fsp3) is 0.133. The third-order valence-corrected chi connectivity index (χ3v) is 2.71. The zero-order valence-corrected chi connectivity index (χ0v) is 9.80. The van der Waals surface area contributed by atoms with Gasteiger partial charge in [0.25, 0.3) is 0 Å². The Morgan fingerprint density at radius 3 is 2.67 bits per heavy atom. The molecule has 0 aliphatic rings. The molecular formula is C15H12NO2. The summed E-state index contributed by atoms with van der Waals surface area (Å²) in [6, 6.07) is 11.3. The zero-order chi connectivity index (χ0) is 12.8.